The first-order valence-electron chi connectivity index (χ1n) is 8.91. The monoisotopic (exact) mass is 360 g/mol. The molecule has 2 N–H and O–H groups in total. The Morgan fingerprint density at radius 1 is 1.42 bits per heavy atom. The number of rotatable bonds is 6. The minimum absolute atomic E-state index is 0.0719. The summed E-state index contributed by atoms with van der Waals surface area (Å²) in [6.45, 7) is 3.15. The maximum atomic E-state index is 13.9. The van der Waals surface area contributed by atoms with E-state index in [1.165, 1.54) is 6.07 Å². The number of likely N-dealkylation sites (tertiary alicyclic amines) is 1. The van der Waals surface area contributed by atoms with Gasteiger partial charge in [0.05, 0.1) is 12.7 Å². The van der Waals surface area contributed by atoms with Gasteiger partial charge < -0.3 is 10.6 Å². The average molecular weight is 360 g/mol. The minimum atomic E-state index is -0.185. The Morgan fingerprint density at radius 2 is 2.23 bits per heavy atom. The molecule has 26 heavy (non-hydrogen) atoms. The molecule has 0 radical (unpaired) electrons. The fourth-order valence-corrected chi connectivity index (χ4v) is 3.34. The molecule has 1 atom stereocenters. The van der Waals surface area contributed by atoms with Crippen LogP contribution >= 0.6 is 0 Å². The smallest absolute Gasteiger partial charge is 0.276 e. The van der Waals surface area contributed by atoms with Gasteiger partial charge in [0, 0.05) is 38.3 Å². The molecule has 0 spiro atoms. The third-order valence-electron chi connectivity index (χ3n) is 4.82. The molecule has 3 rings (SSSR count). The number of amides is 1. The van der Waals surface area contributed by atoms with Crippen LogP contribution < -0.4 is 5.73 Å². The second-order valence-corrected chi connectivity index (χ2v) is 6.69. The van der Waals surface area contributed by atoms with Crippen LogP contribution in [0.1, 0.15) is 28.9 Å². The van der Waals surface area contributed by atoms with Gasteiger partial charge in [-0.15, -0.1) is 5.10 Å². The Balaban J connectivity index is 1.62. The first kappa shape index (κ1) is 18.5. The number of halogens is 1. The van der Waals surface area contributed by atoms with E-state index in [9.17, 15) is 9.18 Å². The van der Waals surface area contributed by atoms with Crippen molar-refractivity contribution in [1.29, 1.82) is 0 Å². The topological polar surface area (TPSA) is 80.3 Å². The van der Waals surface area contributed by atoms with Crippen LogP contribution in [0, 0.1) is 5.82 Å². The fourth-order valence-electron chi connectivity index (χ4n) is 3.34. The summed E-state index contributed by atoms with van der Waals surface area (Å²) in [6, 6.07) is 6.91. The van der Waals surface area contributed by atoms with E-state index in [2.05, 4.69) is 15.2 Å². The van der Waals surface area contributed by atoms with Crippen LogP contribution in [0.4, 0.5) is 4.39 Å². The van der Waals surface area contributed by atoms with Crippen LogP contribution in [0.5, 0.6) is 0 Å². The van der Waals surface area contributed by atoms with Gasteiger partial charge in [0.25, 0.3) is 5.91 Å². The van der Waals surface area contributed by atoms with Crippen molar-refractivity contribution in [1.82, 2.24) is 24.8 Å². The van der Waals surface area contributed by atoms with E-state index in [1.54, 1.807) is 28.9 Å². The standard InChI is InChI=1S/C18H25FN6O/c1-23(18(26)17-13-25(10-8-20)22-21-17)15-6-4-9-24(12-15)11-14-5-2-3-7-16(14)19/h2-3,5,7,13,15H,4,6,8-12,20H2,1H3. The van der Waals surface area contributed by atoms with Gasteiger partial charge in [0.2, 0.25) is 0 Å². The number of likely N-dealkylation sites (N-methyl/N-ethyl adjacent to an activating group) is 1. The summed E-state index contributed by atoms with van der Waals surface area (Å²) in [5, 5.41) is 7.87. The lowest BCUT2D eigenvalue weighted by Gasteiger charge is -2.37. The third kappa shape index (κ3) is 4.25. The van der Waals surface area contributed by atoms with Crippen LogP contribution in [-0.2, 0) is 13.1 Å². The Morgan fingerprint density at radius 3 is 3.00 bits per heavy atom. The Kier molecular flexibility index (Phi) is 5.95. The number of nitrogens with two attached hydrogens (primary N) is 1. The van der Waals surface area contributed by atoms with Crippen molar-refractivity contribution in [2.75, 3.05) is 26.7 Å². The summed E-state index contributed by atoms with van der Waals surface area (Å²) >= 11 is 0. The van der Waals surface area contributed by atoms with Gasteiger partial charge >= 0.3 is 0 Å². The molecule has 7 nitrogen and oxygen atoms in total. The Labute approximate surface area is 152 Å². The number of carbonyl (C=O) groups excluding carboxylic acids is 1. The second kappa shape index (κ2) is 8.37. The molecule has 1 aromatic heterocycles. The van der Waals surface area contributed by atoms with Crippen molar-refractivity contribution in [3.8, 4) is 0 Å². The molecule has 1 amide bonds. The van der Waals surface area contributed by atoms with Gasteiger partial charge in [0.1, 0.15) is 5.82 Å². The number of nitrogens with zero attached hydrogens (tertiary/aromatic N) is 5. The predicted octanol–water partition coefficient (Wildman–Crippen LogP) is 1.11. The summed E-state index contributed by atoms with van der Waals surface area (Å²) in [7, 11) is 1.79. The Bertz CT molecular complexity index is 749. The number of piperidine rings is 1. The lowest BCUT2D eigenvalue weighted by Crippen LogP contribution is -2.48. The van der Waals surface area contributed by atoms with Gasteiger partial charge in [-0.05, 0) is 25.5 Å². The largest absolute Gasteiger partial charge is 0.336 e. The van der Waals surface area contributed by atoms with E-state index in [0.29, 0.717) is 37.4 Å². The number of carbonyl (C=O) groups is 1. The highest BCUT2D eigenvalue weighted by molar-refractivity contribution is 5.92. The lowest BCUT2D eigenvalue weighted by atomic mass is 10.0. The molecule has 2 aromatic rings. The van der Waals surface area contributed by atoms with Gasteiger partial charge in [-0.1, -0.05) is 23.4 Å². The average Bonchev–Trinajstić information content (AvgIpc) is 3.12. The molecular weight excluding hydrogens is 335 g/mol. The minimum Gasteiger partial charge on any atom is -0.336 e. The first-order valence-corrected chi connectivity index (χ1v) is 8.91. The molecule has 1 unspecified atom stereocenters. The normalized spacial score (nSPS) is 18.0. The number of hydrogen-bond donors (Lipinski definition) is 1. The Hall–Kier alpha value is -2.32. The summed E-state index contributed by atoms with van der Waals surface area (Å²) in [5.74, 6) is -0.332. The van der Waals surface area contributed by atoms with Crippen LogP contribution in [0.2, 0.25) is 0 Å². The lowest BCUT2D eigenvalue weighted by molar-refractivity contribution is 0.0602. The fraction of sp³-hybridized carbons (Fsp3) is 0.500. The first-order chi connectivity index (χ1) is 12.6. The molecule has 0 aliphatic carbocycles. The molecule has 1 aliphatic rings. The molecular formula is C18H25FN6O. The van der Waals surface area contributed by atoms with Gasteiger partial charge in [-0.25, -0.2) is 4.39 Å². The molecule has 1 fully saturated rings. The molecule has 1 aromatic carbocycles. The zero-order valence-corrected chi connectivity index (χ0v) is 15.0. The number of benzene rings is 1. The van der Waals surface area contributed by atoms with Crippen LogP contribution in [0.15, 0.2) is 30.5 Å². The summed E-state index contributed by atoms with van der Waals surface area (Å²) in [5.41, 5.74) is 6.51. The maximum absolute atomic E-state index is 13.9. The summed E-state index contributed by atoms with van der Waals surface area (Å²) < 4.78 is 15.5. The summed E-state index contributed by atoms with van der Waals surface area (Å²) in [6.07, 6.45) is 3.52. The molecule has 140 valence electrons. The predicted molar refractivity (Wildman–Crippen MR) is 95.9 cm³/mol. The SMILES string of the molecule is CN(C(=O)c1cn(CCN)nn1)C1CCCN(Cc2ccccc2F)C1. The molecule has 0 saturated carbocycles. The third-order valence-corrected chi connectivity index (χ3v) is 4.82. The second-order valence-electron chi connectivity index (χ2n) is 6.69. The molecule has 0 bridgehead atoms. The van der Waals surface area contributed by atoms with Crippen molar-refractivity contribution in [2.45, 2.75) is 32.0 Å². The zero-order chi connectivity index (χ0) is 18.5. The van der Waals surface area contributed by atoms with Gasteiger partial charge in [0.15, 0.2) is 5.69 Å². The maximum Gasteiger partial charge on any atom is 0.276 e. The highest BCUT2D eigenvalue weighted by Gasteiger charge is 2.28. The quantitative estimate of drug-likeness (QED) is 0.835. The van der Waals surface area contributed by atoms with E-state index < -0.39 is 0 Å². The van der Waals surface area contributed by atoms with Crippen LogP contribution in [0.3, 0.4) is 0 Å². The number of hydrogen-bond acceptors (Lipinski definition) is 5. The van der Waals surface area contributed by atoms with Crippen molar-refractivity contribution in [3.63, 3.8) is 0 Å². The van der Waals surface area contributed by atoms with Crippen molar-refractivity contribution in [2.24, 2.45) is 5.73 Å². The van der Waals surface area contributed by atoms with Crippen molar-refractivity contribution >= 4 is 5.91 Å². The van der Waals surface area contributed by atoms with Crippen molar-refractivity contribution < 1.29 is 9.18 Å². The molecule has 8 heteroatoms. The van der Waals surface area contributed by atoms with Gasteiger partial charge in [-0.3, -0.25) is 14.4 Å². The van der Waals surface area contributed by atoms with Crippen LogP contribution in [0.25, 0.3) is 0 Å². The van der Waals surface area contributed by atoms with Gasteiger partial charge in [-0.2, -0.15) is 0 Å². The van der Waals surface area contributed by atoms with Crippen LogP contribution in [-0.4, -0.2) is 63.4 Å². The van der Waals surface area contributed by atoms with E-state index in [0.717, 1.165) is 19.4 Å². The van der Waals surface area contributed by atoms with E-state index in [-0.39, 0.29) is 17.8 Å². The highest BCUT2D eigenvalue weighted by Crippen LogP contribution is 2.19. The van der Waals surface area contributed by atoms with E-state index >= 15 is 0 Å². The van der Waals surface area contributed by atoms with E-state index in [4.69, 9.17) is 5.73 Å². The molecule has 2 heterocycles. The van der Waals surface area contributed by atoms with Crippen molar-refractivity contribution in [3.05, 3.63) is 47.5 Å². The zero-order valence-electron chi connectivity index (χ0n) is 15.0. The number of aromatic nitrogens is 3. The molecule has 1 saturated heterocycles. The molecule has 1 aliphatic heterocycles. The summed E-state index contributed by atoms with van der Waals surface area (Å²) in [4.78, 5) is 16.6. The van der Waals surface area contributed by atoms with E-state index in [1.807, 2.05) is 12.1 Å². The highest BCUT2D eigenvalue weighted by atomic mass is 19.1.